The lowest BCUT2D eigenvalue weighted by molar-refractivity contribution is -0.140. The fraction of sp³-hybridized carbons (Fsp3) is 0.333. The van der Waals surface area contributed by atoms with Crippen LogP contribution in [0.4, 0.5) is 18.9 Å². The van der Waals surface area contributed by atoms with E-state index in [1.807, 2.05) is 19.9 Å². The van der Waals surface area contributed by atoms with Crippen LogP contribution in [0.1, 0.15) is 37.0 Å². The van der Waals surface area contributed by atoms with Crippen molar-refractivity contribution in [3.8, 4) is 0 Å². The van der Waals surface area contributed by atoms with Crippen LogP contribution in [-0.4, -0.2) is 50.0 Å². The molecule has 2 unspecified atom stereocenters. The van der Waals surface area contributed by atoms with Crippen molar-refractivity contribution in [2.24, 2.45) is 0 Å². The highest BCUT2D eigenvalue weighted by Crippen LogP contribution is 2.32. The first-order chi connectivity index (χ1) is 19.7. The van der Waals surface area contributed by atoms with Crippen LogP contribution in [0.15, 0.2) is 78.9 Å². The summed E-state index contributed by atoms with van der Waals surface area (Å²) in [4.78, 5) is 28.9. The molecule has 0 aliphatic heterocycles. The molecule has 1 N–H and O–H groups in total. The fourth-order valence-corrected chi connectivity index (χ4v) is 5.33. The molecule has 3 aromatic rings. The van der Waals surface area contributed by atoms with E-state index in [0.717, 1.165) is 24.0 Å². The topological polar surface area (TPSA) is 86.8 Å². The van der Waals surface area contributed by atoms with Gasteiger partial charge in [0.1, 0.15) is 12.6 Å². The molecule has 2 amide bonds. The third-order valence-corrected chi connectivity index (χ3v) is 8.03. The molecule has 12 heteroatoms. The largest absolute Gasteiger partial charge is 0.416 e. The lowest BCUT2D eigenvalue weighted by atomic mass is 10.0. The number of hydrogen-bond acceptors (Lipinski definition) is 4. The smallest absolute Gasteiger partial charge is 0.352 e. The zero-order chi connectivity index (χ0) is 31.1. The second-order valence-corrected chi connectivity index (χ2v) is 12.3. The van der Waals surface area contributed by atoms with Crippen molar-refractivity contribution in [1.82, 2.24) is 10.2 Å². The highest BCUT2D eigenvalue weighted by Gasteiger charge is 2.35. The molecule has 0 radical (unpaired) electrons. The molecular formula is C30H33ClF3N3O4S. The SMILES string of the molecule is CCC(C)NC(=O)C(Cc1ccccc1)N(Cc1cccc(Cl)c1)C(=O)CN(c1cccc(C(F)(F)F)c1)S(C)(=O)=O. The zero-order valence-electron chi connectivity index (χ0n) is 23.4. The van der Waals surface area contributed by atoms with Gasteiger partial charge in [0.05, 0.1) is 17.5 Å². The minimum absolute atomic E-state index is 0.106. The second kappa shape index (κ2) is 14.1. The molecule has 0 bridgehead atoms. The second-order valence-electron chi connectivity index (χ2n) is 9.99. The molecule has 0 aromatic heterocycles. The van der Waals surface area contributed by atoms with E-state index < -0.39 is 46.2 Å². The number of benzene rings is 3. The minimum atomic E-state index is -4.73. The van der Waals surface area contributed by atoms with Gasteiger partial charge in [-0.05, 0) is 54.8 Å². The van der Waals surface area contributed by atoms with Gasteiger partial charge in [-0.1, -0.05) is 67.1 Å². The molecule has 0 saturated heterocycles. The number of rotatable bonds is 12. The molecule has 42 heavy (non-hydrogen) atoms. The van der Waals surface area contributed by atoms with Crippen LogP contribution < -0.4 is 9.62 Å². The molecule has 226 valence electrons. The van der Waals surface area contributed by atoms with E-state index in [4.69, 9.17) is 11.6 Å². The van der Waals surface area contributed by atoms with Crippen LogP contribution in [0.3, 0.4) is 0 Å². The Bertz CT molecular complexity index is 1490. The van der Waals surface area contributed by atoms with Gasteiger partial charge in [-0.25, -0.2) is 8.42 Å². The number of carbonyl (C=O) groups is 2. The summed E-state index contributed by atoms with van der Waals surface area (Å²) in [5, 5.41) is 3.30. The van der Waals surface area contributed by atoms with Crippen LogP contribution in [0, 0.1) is 0 Å². The summed E-state index contributed by atoms with van der Waals surface area (Å²) in [6, 6.07) is 18.1. The molecule has 0 aliphatic carbocycles. The Labute approximate surface area is 249 Å². The summed E-state index contributed by atoms with van der Waals surface area (Å²) >= 11 is 6.18. The Morgan fingerprint density at radius 2 is 1.60 bits per heavy atom. The Balaban J connectivity index is 2.09. The number of halogens is 4. The first-order valence-electron chi connectivity index (χ1n) is 13.2. The summed E-state index contributed by atoms with van der Waals surface area (Å²) in [6.45, 7) is 2.78. The molecule has 0 heterocycles. The van der Waals surface area contributed by atoms with E-state index in [1.165, 1.54) is 11.0 Å². The third-order valence-electron chi connectivity index (χ3n) is 6.65. The van der Waals surface area contributed by atoms with Gasteiger partial charge in [0.25, 0.3) is 0 Å². The highest BCUT2D eigenvalue weighted by molar-refractivity contribution is 7.92. The molecule has 3 rings (SSSR count). The number of anilines is 1. The third kappa shape index (κ3) is 9.22. The number of nitrogens with zero attached hydrogens (tertiary/aromatic N) is 2. The maximum absolute atomic E-state index is 14.0. The lowest BCUT2D eigenvalue weighted by Crippen LogP contribution is -2.54. The monoisotopic (exact) mass is 623 g/mol. The van der Waals surface area contributed by atoms with E-state index in [1.54, 1.807) is 48.5 Å². The summed E-state index contributed by atoms with van der Waals surface area (Å²) in [5.74, 6) is -1.23. The zero-order valence-corrected chi connectivity index (χ0v) is 25.0. The average Bonchev–Trinajstić information content (AvgIpc) is 2.93. The van der Waals surface area contributed by atoms with Crippen molar-refractivity contribution in [2.75, 3.05) is 17.1 Å². The van der Waals surface area contributed by atoms with Crippen LogP contribution in [0.2, 0.25) is 5.02 Å². The van der Waals surface area contributed by atoms with Crippen molar-refractivity contribution in [1.29, 1.82) is 0 Å². The minimum Gasteiger partial charge on any atom is -0.352 e. The molecular weight excluding hydrogens is 591 g/mol. The first kappa shape index (κ1) is 32.9. The molecule has 2 atom stereocenters. The molecule has 3 aromatic carbocycles. The number of amides is 2. The molecule has 0 saturated carbocycles. The Kier molecular flexibility index (Phi) is 11.0. The number of hydrogen-bond donors (Lipinski definition) is 1. The normalized spacial score (nSPS) is 13.2. The number of alkyl halides is 3. The lowest BCUT2D eigenvalue weighted by Gasteiger charge is -2.34. The maximum atomic E-state index is 14.0. The van der Waals surface area contributed by atoms with E-state index in [-0.39, 0.29) is 24.7 Å². The first-order valence-corrected chi connectivity index (χ1v) is 15.4. The quantitative estimate of drug-likeness (QED) is 0.281. The van der Waals surface area contributed by atoms with Gasteiger partial charge >= 0.3 is 6.18 Å². The van der Waals surface area contributed by atoms with Gasteiger partial charge in [0, 0.05) is 24.0 Å². The van der Waals surface area contributed by atoms with Crippen LogP contribution >= 0.6 is 11.6 Å². The number of carbonyl (C=O) groups excluding carboxylic acids is 2. The van der Waals surface area contributed by atoms with E-state index >= 15 is 0 Å². The van der Waals surface area contributed by atoms with Gasteiger partial charge in [0.2, 0.25) is 21.8 Å². The van der Waals surface area contributed by atoms with Gasteiger partial charge in [-0.2, -0.15) is 13.2 Å². The standard InChI is InChI=1S/C30H33ClF3N3O4S/c1-4-21(2)35-29(39)27(17-22-10-6-5-7-11-22)36(19-23-12-8-14-25(31)16-23)28(38)20-37(42(3,40)41)26-15-9-13-24(18-26)30(32,33)34/h5-16,18,21,27H,4,17,19-20H2,1-3H3,(H,35,39). The van der Waals surface area contributed by atoms with Crippen molar-refractivity contribution in [3.63, 3.8) is 0 Å². The van der Waals surface area contributed by atoms with Gasteiger partial charge in [-0.3, -0.25) is 13.9 Å². The summed E-state index contributed by atoms with van der Waals surface area (Å²) in [5.41, 5.74) is -0.0578. The van der Waals surface area contributed by atoms with Gasteiger partial charge < -0.3 is 10.2 Å². The molecule has 7 nitrogen and oxygen atoms in total. The van der Waals surface area contributed by atoms with Crippen molar-refractivity contribution < 1.29 is 31.2 Å². The predicted molar refractivity (Wildman–Crippen MR) is 157 cm³/mol. The molecule has 0 spiro atoms. The van der Waals surface area contributed by atoms with Crippen molar-refractivity contribution >= 4 is 39.1 Å². The van der Waals surface area contributed by atoms with Gasteiger partial charge in [0.15, 0.2) is 0 Å². The van der Waals surface area contributed by atoms with Crippen LogP contribution in [0.25, 0.3) is 0 Å². The Hall–Kier alpha value is -3.57. The highest BCUT2D eigenvalue weighted by atomic mass is 35.5. The van der Waals surface area contributed by atoms with Gasteiger partial charge in [-0.15, -0.1) is 0 Å². The number of nitrogens with one attached hydrogen (secondary N) is 1. The van der Waals surface area contributed by atoms with E-state index in [0.29, 0.717) is 27.4 Å². The average molecular weight is 624 g/mol. The van der Waals surface area contributed by atoms with E-state index in [2.05, 4.69) is 5.32 Å². The Morgan fingerprint density at radius 1 is 0.952 bits per heavy atom. The van der Waals surface area contributed by atoms with Crippen LogP contribution in [-0.2, 0) is 38.8 Å². The maximum Gasteiger partial charge on any atom is 0.416 e. The van der Waals surface area contributed by atoms with E-state index in [9.17, 15) is 31.2 Å². The number of sulfonamides is 1. The molecule has 0 aliphatic rings. The van der Waals surface area contributed by atoms with Crippen molar-refractivity contribution in [3.05, 3.63) is 101 Å². The summed E-state index contributed by atoms with van der Waals surface area (Å²) < 4.78 is 66.5. The Morgan fingerprint density at radius 3 is 2.19 bits per heavy atom. The van der Waals surface area contributed by atoms with Crippen LogP contribution in [0.5, 0.6) is 0 Å². The summed E-state index contributed by atoms with van der Waals surface area (Å²) in [6.07, 6.45) is -3.18. The summed E-state index contributed by atoms with van der Waals surface area (Å²) in [7, 11) is -4.22. The fourth-order valence-electron chi connectivity index (χ4n) is 4.28. The van der Waals surface area contributed by atoms with Crippen molar-refractivity contribution in [2.45, 2.75) is 51.5 Å². The molecule has 0 fully saturated rings. The predicted octanol–water partition coefficient (Wildman–Crippen LogP) is 5.68.